The number of ether oxygens (including phenoxy) is 2. The summed E-state index contributed by atoms with van der Waals surface area (Å²) in [4.78, 5) is 15.0. The molecule has 0 amide bonds. The summed E-state index contributed by atoms with van der Waals surface area (Å²) in [5.41, 5.74) is 1.28. The molecule has 2 rings (SSSR count). The lowest BCUT2D eigenvalue weighted by molar-refractivity contribution is 0.0689. The molecule has 0 aliphatic carbocycles. The second kappa shape index (κ2) is 5.24. The minimum absolute atomic E-state index is 0.101. The van der Waals surface area contributed by atoms with Crippen LogP contribution in [-0.2, 0) is 0 Å². The number of carbonyl (C=O) groups is 1. The van der Waals surface area contributed by atoms with Crippen LogP contribution in [-0.4, -0.2) is 30.3 Å². The molecule has 0 aliphatic rings. The Bertz CT molecular complexity index is 660. The van der Waals surface area contributed by atoms with E-state index in [9.17, 15) is 4.79 Å². The van der Waals surface area contributed by atoms with Crippen LogP contribution in [0.15, 0.2) is 16.5 Å². The van der Waals surface area contributed by atoms with E-state index in [-0.39, 0.29) is 17.3 Å². The zero-order chi connectivity index (χ0) is 14.9. The molecule has 1 aromatic heterocycles. The molecule has 0 aliphatic heterocycles. The highest BCUT2D eigenvalue weighted by molar-refractivity contribution is 5.87. The maximum atomic E-state index is 11.0. The lowest BCUT2D eigenvalue weighted by Gasteiger charge is -2.12. The summed E-state index contributed by atoms with van der Waals surface area (Å²) in [5, 5.41) is 9.02. The topological polar surface area (TPSA) is 81.8 Å². The molecule has 106 valence electrons. The van der Waals surface area contributed by atoms with Crippen molar-refractivity contribution in [3.63, 3.8) is 0 Å². The average Bonchev–Trinajstić information content (AvgIpc) is 2.80. The minimum atomic E-state index is -1.12. The maximum Gasteiger partial charge on any atom is 0.358 e. The third-order valence-electron chi connectivity index (χ3n) is 3.01. The van der Waals surface area contributed by atoms with Crippen molar-refractivity contribution >= 4 is 5.97 Å². The number of hydrogen-bond donors (Lipinski definition) is 1. The highest BCUT2D eigenvalue weighted by Crippen LogP contribution is 2.37. The highest BCUT2D eigenvalue weighted by Gasteiger charge is 2.21. The molecule has 0 atom stereocenters. The third-order valence-corrected chi connectivity index (χ3v) is 3.01. The van der Waals surface area contributed by atoms with Crippen LogP contribution in [0.2, 0.25) is 0 Å². The number of oxazole rings is 1. The Morgan fingerprint density at radius 2 is 1.95 bits per heavy atom. The van der Waals surface area contributed by atoms with Crippen LogP contribution >= 0.6 is 0 Å². The van der Waals surface area contributed by atoms with E-state index in [0.29, 0.717) is 17.1 Å². The highest BCUT2D eigenvalue weighted by atomic mass is 16.5. The van der Waals surface area contributed by atoms with Crippen molar-refractivity contribution in [2.45, 2.75) is 13.8 Å². The van der Waals surface area contributed by atoms with E-state index in [0.717, 1.165) is 5.56 Å². The summed E-state index contributed by atoms with van der Waals surface area (Å²) < 4.78 is 16.0. The van der Waals surface area contributed by atoms with Crippen molar-refractivity contribution in [2.75, 3.05) is 14.2 Å². The van der Waals surface area contributed by atoms with Crippen molar-refractivity contribution in [3.05, 3.63) is 29.2 Å². The summed E-state index contributed by atoms with van der Waals surface area (Å²) in [6, 6.07) is 3.48. The van der Waals surface area contributed by atoms with Crippen LogP contribution in [0.1, 0.15) is 21.8 Å². The predicted octanol–water partition coefficient (Wildman–Crippen LogP) is 2.67. The normalized spacial score (nSPS) is 10.4. The lowest BCUT2D eigenvalue weighted by atomic mass is 10.1. The van der Waals surface area contributed by atoms with Crippen molar-refractivity contribution in [1.29, 1.82) is 0 Å². The first-order chi connectivity index (χ1) is 9.49. The van der Waals surface area contributed by atoms with Crippen molar-refractivity contribution in [3.8, 4) is 23.0 Å². The Balaban J connectivity index is 2.61. The number of methoxy groups -OCH3 is 2. The van der Waals surface area contributed by atoms with Gasteiger partial charge in [0.05, 0.1) is 19.8 Å². The fourth-order valence-corrected chi connectivity index (χ4v) is 2.04. The summed E-state index contributed by atoms with van der Waals surface area (Å²) >= 11 is 0. The van der Waals surface area contributed by atoms with Gasteiger partial charge in [0, 0.05) is 5.56 Å². The first-order valence-electron chi connectivity index (χ1n) is 5.92. The number of nitrogens with zero attached hydrogens (tertiary/aromatic N) is 1. The molecule has 1 N–H and O–H groups in total. The number of aryl methyl sites for hydroxylation is 1. The summed E-state index contributed by atoms with van der Waals surface area (Å²) in [6.07, 6.45) is 0. The van der Waals surface area contributed by atoms with Gasteiger partial charge in [-0.05, 0) is 26.0 Å². The number of benzene rings is 1. The molecular formula is C14H15NO5. The van der Waals surface area contributed by atoms with Crippen LogP contribution in [0, 0.1) is 13.8 Å². The molecule has 2 aromatic rings. The average molecular weight is 277 g/mol. The van der Waals surface area contributed by atoms with Crippen molar-refractivity contribution in [1.82, 2.24) is 4.98 Å². The second-order valence-electron chi connectivity index (χ2n) is 4.20. The van der Waals surface area contributed by atoms with Gasteiger partial charge in [-0.3, -0.25) is 0 Å². The van der Waals surface area contributed by atoms with Crippen molar-refractivity contribution in [2.24, 2.45) is 0 Å². The van der Waals surface area contributed by atoms with E-state index in [4.69, 9.17) is 19.0 Å². The molecule has 0 saturated heterocycles. The number of aromatic nitrogens is 1. The van der Waals surface area contributed by atoms with Gasteiger partial charge in [-0.15, -0.1) is 0 Å². The quantitative estimate of drug-likeness (QED) is 0.925. The number of hydrogen-bond acceptors (Lipinski definition) is 5. The van der Waals surface area contributed by atoms with E-state index in [1.165, 1.54) is 7.11 Å². The van der Waals surface area contributed by atoms with Gasteiger partial charge in [0.15, 0.2) is 5.69 Å². The number of carboxylic acids is 1. The molecule has 0 fully saturated rings. The molecular weight excluding hydrogens is 262 g/mol. The first-order valence-corrected chi connectivity index (χ1v) is 5.92. The van der Waals surface area contributed by atoms with Crippen LogP contribution < -0.4 is 9.47 Å². The predicted molar refractivity (Wildman–Crippen MR) is 71.5 cm³/mol. The smallest absolute Gasteiger partial charge is 0.358 e. The molecule has 1 aromatic carbocycles. The molecule has 1 heterocycles. The van der Waals surface area contributed by atoms with Gasteiger partial charge in [-0.25, -0.2) is 9.78 Å². The van der Waals surface area contributed by atoms with Crippen LogP contribution in [0.4, 0.5) is 0 Å². The van der Waals surface area contributed by atoms with Crippen LogP contribution in [0.3, 0.4) is 0 Å². The Morgan fingerprint density at radius 1 is 1.25 bits per heavy atom. The SMILES string of the molecule is COc1ccc(-c2nc(C(=O)O)c(C)o2)c(OC)c1C. The monoisotopic (exact) mass is 277 g/mol. The van der Waals surface area contributed by atoms with Crippen molar-refractivity contribution < 1.29 is 23.8 Å². The van der Waals surface area contributed by atoms with E-state index < -0.39 is 5.97 Å². The standard InChI is InChI=1S/C14H15NO5/c1-7-10(18-3)6-5-9(12(7)19-4)13-15-11(14(16)17)8(2)20-13/h5-6H,1-4H3,(H,16,17). The van der Waals surface area contributed by atoms with Gasteiger partial charge < -0.3 is 19.0 Å². The van der Waals surface area contributed by atoms with E-state index in [2.05, 4.69) is 4.98 Å². The first kappa shape index (κ1) is 13.9. The summed E-state index contributed by atoms with van der Waals surface area (Å²) in [6.45, 7) is 3.40. The zero-order valence-corrected chi connectivity index (χ0v) is 11.7. The van der Waals surface area contributed by atoms with Crippen LogP contribution in [0.5, 0.6) is 11.5 Å². The molecule has 0 unspecified atom stereocenters. The number of carboxylic acid groups (broad SMARTS) is 1. The Morgan fingerprint density at radius 3 is 2.45 bits per heavy atom. The zero-order valence-electron chi connectivity index (χ0n) is 11.7. The Labute approximate surface area is 116 Å². The maximum absolute atomic E-state index is 11.0. The van der Waals surface area contributed by atoms with Gasteiger partial charge in [-0.2, -0.15) is 0 Å². The molecule has 0 bridgehead atoms. The Kier molecular flexibility index (Phi) is 3.65. The fraction of sp³-hybridized carbons (Fsp3) is 0.286. The summed E-state index contributed by atoms with van der Waals surface area (Å²) in [5.74, 6) is 0.558. The largest absolute Gasteiger partial charge is 0.496 e. The summed E-state index contributed by atoms with van der Waals surface area (Å²) in [7, 11) is 3.10. The molecule has 6 nitrogen and oxygen atoms in total. The second-order valence-corrected chi connectivity index (χ2v) is 4.20. The molecule has 6 heteroatoms. The van der Waals surface area contributed by atoms with E-state index in [1.807, 2.05) is 6.92 Å². The Hall–Kier alpha value is -2.50. The van der Waals surface area contributed by atoms with Crippen LogP contribution in [0.25, 0.3) is 11.5 Å². The van der Waals surface area contributed by atoms with Gasteiger partial charge >= 0.3 is 5.97 Å². The molecule has 0 spiro atoms. The van der Waals surface area contributed by atoms with E-state index in [1.54, 1.807) is 26.2 Å². The minimum Gasteiger partial charge on any atom is -0.496 e. The fourth-order valence-electron chi connectivity index (χ4n) is 2.04. The van der Waals surface area contributed by atoms with E-state index >= 15 is 0 Å². The molecule has 20 heavy (non-hydrogen) atoms. The van der Waals surface area contributed by atoms with Gasteiger partial charge in [0.25, 0.3) is 0 Å². The molecule has 0 saturated carbocycles. The van der Waals surface area contributed by atoms with Gasteiger partial charge in [0.1, 0.15) is 17.3 Å². The third kappa shape index (κ3) is 2.20. The van der Waals surface area contributed by atoms with Gasteiger partial charge in [-0.1, -0.05) is 0 Å². The number of rotatable bonds is 4. The molecule has 0 radical (unpaired) electrons. The number of aromatic carboxylic acids is 1. The van der Waals surface area contributed by atoms with Gasteiger partial charge in [0.2, 0.25) is 5.89 Å². The lowest BCUT2D eigenvalue weighted by Crippen LogP contribution is -1.99.